The minimum Gasteiger partial charge on any atom is -0.0645 e. The Bertz CT molecular complexity index is 406. The molecule has 0 spiro atoms. The summed E-state index contributed by atoms with van der Waals surface area (Å²) in [5.74, 6) is 0. The molecule has 1 aromatic rings. The zero-order valence-electron chi connectivity index (χ0n) is 14.1. The van der Waals surface area contributed by atoms with E-state index in [-0.39, 0.29) is 0 Å². The van der Waals surface area contributed by atoms with Crippen molar-refractivity contribution in [2.45, 2.75) is 85.0 Å². The van der Waals surface area contributed by atoms with Crippen LogP contribution in [0.4, 0.5) is 0 Å². The van der Waals surface area contributed by atoms with E-state index in [0.717, 1.165) is 0 Å². The molecule has 0 heterocycles. The number of benzene rings is 1. The predicted molar refractivity (Wildman–Crippen MR) is 87.0 cm³/mol. The van der Waals surface area contributed by atoms with Gasteiger partial charge in [-0.25, -0.2) is 0 Å². The first kappa shape index (κ1) is 16.3. The minimum atomic E-state index is 0.331. The summed E-state index contributed by atoms with van der Waals surface area (Å²) in [6.45, 7) is 16.3. The van der Waals surface area contributed by atoms with Crippen LogP contribution < -0.4 is 0 Å². The molecule has 0 aromatic heterocycles. The van der Waals surface area contributed by atoms with Gasteiger partial charge >= 0.3 is 0 Å². The number of hydrogen-bond acceptors (Lipinski definition) is 0. The molecule has 108 valence electrons. The fourth-order valence-corrected chi connectivity index (χ4v) is 3.01. The second kappa shape index (κ2) is 6.11. The molecule has 0 heteroatoms. The van der Waals surface area contributed by atoms with Gasteiger partial charge in [0.1, 0.15) is 0 Å². The molecule has 0 radical (unpaired) electrons. The molecule has 0 aliphatic carbocycles. The van der Waals surface area contributed by atoms with Crippen molar-refractivity contribution in [2.75, 3.05) is 0 Å². The van der Waals surface area contributed by atoms with Crippen molar-refractivity contribution in [1.82, 2.24) is 0 Å². The molecule has 19 heavy (non-hydrogen) atoms. The Labute approximate surface area is 120 Å². The van der Waals surface area contributed by atoms with E-state index < -0.39 is 0 Å². The summed E-state index contributed by atoms with van der Waals surface area (Å²) in [5.41, 5.74) is 5.18. The fraction of sp³-hybridized carbons (Fsp3) is 0.684. The zero-order chi connectivity index (χ0) is 14.7. The van der Waals surface area contributed by atoms with E-state index in [1.165, 1.54) is 42.4 Å². The molecule has 0 nitrogen and oxygen atoms in total. The van der Waals surface area contributed by atoms with Crippen molar-refractivity contribution in [3.63, 3.8) is 0 Å². The van der Waals surface area contributed by atoms with Gasteiger partial charge in [-0.3, -0.25) is 0 Å². The zero-order valence-corrected chi connectivity index (χ0v) is 14.1. The van der Waals surface area contributed by atoms with Gasteiger partial charge in [0, 0.05) is 0 Å². The highest BCUT2D eigenvalue weighted by Gasteiger charge is 2.27. The van der Waals surface area contributed by atoms with E-state index in [1.54, 1.807) is 0 Å². The highest BCUT2D eigenvalue weighted by atomic mass is 14.3. The molecule has 0 aliphatic heterocycles. The SMILES string of the molecule is CCC(C)(CC)c1ccc(C(C)(CC)CC)c(C)c1. The maximum atomic E-state index is 2.44. The van der Waals surface area contributed by atoms with Crippen LogP contribution in [0.2, 0.25) is 0 Å². The average Bonchev–Trinajstić information content (AvgIpc) is 2.45. The van der Waals surface area contributed by atoms with Crippen molar-refractivity contribution in [1.29, 1.82) is 0 Å². The summed E-state index contributed by atoms with van der Waals surface area (Å²) in [4.78, 5) is 0. The summed E-state index contributed by atoms with van der Waals surface area (Å²) in [7, 11) is 0. The molecule has 0 atom stereocenters. The fourth-order valence-electron chi connectivity index (χ4n) is 3.01. The van der Waals surface area contributed by atoms with Crippen molar-refractivity contribution in [3.05, 3.63) is 34.9 Å². The number of aryl methyl sites for hydroxylation is 1. The third-order valence-corrected chi connectivity index (χ3v) is 5.69. The van der Waals surface area contributed by atoms with Crippen molar-refractivity contribution in [2.24, 2.45) is 0 Å². The Kier molecular flexibility index (Phi) is 5.24. The van der Waals surface area contributed by atoms with Gasteiger partial charge in [-0.1, -0.05) is 59.7 Å². The lowest BCUT2D eigenvalue weighted by atomic mass is 9.72. The highest BCUT2D eigenvalue weighted by molar-refractivity contribution is 5.39. The minimum absolute atomic E-state index is 0.331. The van der Waals surface area contributed by atoms with Gasteiger partial charge in [-0.2, -0.15) is 0 Å². The van der Waals surface area contributed by atoms with Crippen LogP contribution in [0.3, 0.4) is 0 Å². The molecule has 0 fully saturated rings. The van der Waals surface area contributed by atoms with E-state index in [9.17, 15) is 0 Å². The van der Waals surface area contributed by atoms with Crippen molar-refractivity contribution in [3.8, 4) is 0 Å². The molecule has 1 rings (SSSR count). The van der Waals surface area contributed by atoms with Crippen LogP contribution in [0.25, 0.3) is 0 Å². The second-order valence-corrected chi connectivity index (χ2v) is 6.57. The highest BCUT2D eigenvalue weighted by Crippen LogP contribution is 2.37. The molecule has 0 unspecified atom stereocenters. The van der Waals surface area contributed by atoms with Crippen LogP contribution >= 0.6 is 0 Å². The lowest BCUT2D eigenvalue weighted by Crippen LogP contribution is -2.23. The first-order chi connectivity index (χ1) is 8.86. The lowest BCUT2D eigenvalue weighted by Gasteiger charge is -2.32. The van der Waals surface area contributed by atoms with E-state index in [0.29, 0.717) is 10.8 Å². The predicted octanol–water partition coefficient (Wildman–Crippen LogP) is 6.15. The molecule has 0 aliphatic rings. The Hall–Kier alpha value is -0.780. The molecule has 0 amide bonds. The first-order valence-electron chi connectivity index (χ1n) is 7.98. The molecule has 1 aromatic carbocycles. The van der Waals surface area contributed by atoms with E-state index in [4.69, 9.17) is 0 Å². The van der Waals surface area contributed by atoms with Crippen LogP contribution in [0.5, 0.6) is 0 Å². The van der Waals surface area contributed by atoms with Crippen LogP contribution in [0.1, 0.15) is 83.9 Å². The molecular formula is C19H32. The molecule has 0 saturated carbocycles. The third-order valence-electron chi connectivity index (χ3n) is 5.69. The summed E-state index contributed by atoms with van der Waals surface area (Å²) in [6, 6.07) is 7.20. The molecule has 0 bridgehead atoms. The average molecular weight is 260 g/mol. The Morgan fingerprint density at radius 3 is 1.63 bits per heavy atom. The summed E-state index contributed by atoms with van der Waals surface area (Å²) in [5, 5.41) is 0. The van der Waals surface area contributed by atoms with Gasteiger partial charge in [-0.05, 0) is 60.1 Å². The van der Waals surface area contributed by atoms with Crippen LogP contribution in [-0.4, -0.2) is 0 Å². The topological polar surface area (TPSA) is 0 Å². The van der Waals surface area contributed by atoms with Crippen LogP contribution in [-0.2, 0) is 10.8 Å². The quantitative estimate of drug-likeness (QED) is 0.575. The van der Waals surface area contributed by atoms with Crippen molar-refractivity contribution < 1.29 is 0 Å². The standard InChI is InChI=1S/C19H32/c1-8-18(6,9-2)16-12-13-17(15(5)14-16)19(7,10-3)11-4/h12-14H,8-11H2,1-7H3. The van der Waals surface area contributed by atoms with Gasteiger partial charge in [-0.15, -0.1) is 0 Å². The molecular weight excluding hydrogens is 228 g/mol. The summed E-state index contributed by atoms with van der Waals surface area (Å²) in [6.07, 6.45) is 4.84. The van der Waals surface area contributed by atoms with Crippen LogP contribution in [0, 0.1) is 6.92 Å². The molecule has 0 saturated heterocycles. The summed E-state index contributed by atoms with van der Waals surface area (Å²) < 4.78 is 0. The molecule has 0 N–H and O–H groups in total. The van der Waals surface area contributed by atoms with E-state index >= 15 is 0 Å². The Morgan fingerprint density at radius 1 is 0.789 bits per heavy atom. The van der Waals surface area contributed by atoms with E-state index in [1.807, 2.05) is 0 Å². The van der Waals surface area contributed by atoms with E-state index in [2.05, 4.69) is 66.7 Å². The normalized spacial score (nSPS) is 12.8. The van der Waals surface area contributed by atoms with Gasteiger partial charge in [0.25, 0.3) is 0 Å². The number of hydrogen-bond donors (Lipinski definition) is 0. The third kappa shape index (κ3) is 3.04. The first-order valence-corrected chi connectivity index (χ1v) is 7.98. The van der Waals surface area contributed by atoms with Crippen LogP contribution in [0.15, 0.2) is 18.2 Å². The van der Waals surface area contributed by atoms with Gasteiger partial charge in [0.2, 0.25) is 0 Å². The monoisotopic (exact) mass is 260 g/mol. The van der Waals surface area contributed by atoms with Crippen molar-refractivity contribution >= 4 is 0 Å². The maximum absolute atomic E-state index is 2.44. The Balaban J connectivity index is 3.25. The smallest absolute Gasteiger partial charge is 0.00779 e. The largest absolute Gasteiger partial charge is 0.0645 e. The Morgan fingerprint density at radius 2 is 1.26 bits per heavy atom. The number of rotatable bonds is 6. The maximum Gasteiger partial charge on any atom is -0.00779 e. The summed E-state index contributed by atoms with van der Waals surface area (Å²) >= 11 is 0. The van der Waals surface area contributed by atoms with Gasteiger partial charge in [0.15, 0.2) is 0 Å². The van der Waals surface area contributed by atoms with Gasteiger partial charge in [0.05, 0.1) is 0 Å². The second-order valence-electron chi connectivity index (χ2n) is 6.57. The lowest BCUT2D eigenvalue weighted by molar-refractivity contribution is 0.428. The van der Waals surface area contributed by atoms with Gasteiger partial charge < -0.3 is 0 Å².